The summed E-state index contributed by atoms with van der Waals surface area (Å²) in [6.07, 6.45) is 4.19. The molecule has 0 unspecified atom stereocenters. The van der Waals surface area contributed by atoms with Crippen LogP contribution in [0.4, 0.5) is 5.69 Å². The maximum Gasteiger partial charge on any atom is 0.251 e. The van der Waals surface area contributed by atoms with Crippen LogP contribution >= 0.6 is 0 Å². The SMILES string of the molecule is CC(=O)Nc1cccc(C(=O)NC2CCC(c3ccccc3)CC2)c1. The number of carbonyl (C=O) groups excluding carboxylic acids is 2. The van der Waals surface area contributed by atoms with Crippen molar-refractivity contribution in [2.75, 3.05) is 5.32 Å². The van der Waals surface area contributed by atoms with Crippen LogP contribution in [-0.4, -0.2) is 17.9 Å². The standard InChI is InChI=1S/C21H24N2O2/c1-15(24)22-20-9-5-8-18(14-20)21(25)23-19-12-10-17(11-13-19)16-6-3-2-4-7-16/h2-9,14,17,19H,10-13H2,1H3,(H,22,24)(H,23,25). The van der Waals surface area contributed by atoms with Gasteiger partial charge >= 0.3 is 0 Å². The molecule has 0 saturated heterocycles. The zero-order valence-electron chi connectivity index (χ0n) is 14.5. The molecule has 0 atom stereocenters. The fraction of sp³-hybridized carbons (Fsp3) is 0.333. The lowest BCUT2D eigenvalue weighted by Crippen LogP contribution is -2.37. The Morgan fingerprint density at radius 1 is 0.920 bits per heavy atom. The van der Waals surface area contributed by atoms with E-state index in [4.69, 9.17) is 0 Å². The van der Waals surface area contributed by atoms with E-state index in [-0.39, 0.29) is 17.9 Å². The van der Waals surface area contributed by atoms with Crippen molar-refractivity contribution in [1.82, 2.24) is 5.32 Å². The van der Waals surface area contributed by atoms with Gasteiger partial charge < -0.3 is 10.6 Å². The fourth-order valence-electron chi connectivity index (χ4n) is 3.51. The van der Waals surface area contributed by atoms with Gasteiger partial charge in [0.05, 0.1) is 0 Å². The molecule has 0 heterocycles. The lowest BCUT2D eigenvalue weighted by atomic mass is 9.82. The minimum absolute atomic E-state index is 0.0737. The van der Waals surface area contributed by atoms with Crippen LogP contribution in [0.15, 0.2) is 54.6 Å². The minimum Gasteiger partial charge on any atom is -0.349 e. The molecule has 0 spiro atoms. The Morgan fingerprint density at radius 2 is 1.64 bits per heavy atom. The molecule has 2 aromatic carbocycles. The van der Waals surface area contributed by atoms with Gasteiger partial charge in [0.2, 0.25) is 5.91 Å². The van der Waals surface area contributed by atoms with Crippen LogP contribution in [0.25, 0.3) is 0 Å². The van der Waals surface area contributed by atoms with Crippen LogP contribution < -0.4 is 10.6 Å². The number of carbonyl (C=O) groups is 2. The van der Waals surface area contributed by atoms with Crippen LogP contribution in [0.5, 0.6) is 0 Å². The van der Waals surface area contributed by atoms with Gasteiger partial charge in [-0.2, -0.15) is 0 Å². The topological polar surface area (TPSA) is 58.2 Å². The van der Waals surface area contributed by atoms with E-state index in [1.165, 1.54) is 12.5 Å². The number of benzene rings is 2. The van der Waals surface area contributed by atoms with Crippen LogP contribution in [-0.2, 0) is 4.79 Å². The number of amides is 2. The van der Waals surface area contributed by atoms with Crippen molar-refractivity contribution in [2.45, 2.75) is 44.6 Å². The zero-order chi connectivity index (χ0) is 17.6. The van der Waals surface area contributed by atoms with Gasteiger partial charge in [-0.25, -0.2) is 0 Å². The minimum atomic E-state index is -0.142. The van der Waals surface area contributed by atoms with E-state index < -0.39 is 0 Å². The first-order valence-corrected chi connectivity index (χ1v) is 8.85. The highest BCUT2D eigenvalue weighted by Crippen LogP contribution is 2.32. The maximum absolute atomic E-state index is 12.5. The summed E-state index contributed by atoms with van der Waals surface area (Å²) >= 11 is 0. The molecule has 0 aliphatic heterocycles. The molecule has 2 amide bonds. The van der Waals surface area contributed by atoms with Crippen molar-refractivity contribution >= 4 is 17.5 Å². The second-order valence-electron chi connectivity index (χ2n) is 6.69. The molecule has 2 N–H and O–H groups in total. The summed E-state index contributed by atoms with van der Waals surface area (Å²) in [7, 11) is 0. The molecule has 1 saturated carbocycles. The molecule has 1 fully saturated rings. The van der Waals surface area contributed by atoms with Crippen molar-refractivity contribution in [1.29, 1.82) is 0 Å². The third-order valence-electron chi connectivity index (χ3n) is 4.78. The molecule has 0 aromatic heterocycles. The van der Waals surface area contributed by atoms with E-state index in [9.17, 15) is 9.59 Å². The number of nitrogens with one attached hydrogen (secondary N) is 2. The third kappa shape index (κ3) is 4.69. The molecule has 3 rings (SSSR count). The Labute approximate surface area is 148 Å². The van der Waals surface area contributed by atoms with Gasteiger partial charge in [0.1, 0.15) is 0 Å². The first-order chi connectivity index (χ1) is 12.1. The maximum atomic E-state index is 12.5. The van der Waals surface area contributed by atoms with Gasteiger partial charge in [0.15, 0.2) is 0 Å². The van der Waals surface area contributed by atoms with Crippen molar-refractivity contribution in [3.05, 3.63) is 65.7 Å². The lowest BCUT2D eigenvalue weighted by Gasteiger charge is -2.29. The molecule has 4 nitrogen and oxygen atoms in total. The van der Waals surface area contributed by atoms with Crippen LogP contribution in [0.1, 0.15) is 54.4 Å². The number of hydrogen-bond donors (Lipinski definition) is 2. The predicted octanol–water partition coefficient (Wildman–Crippen LogP) is 4.10. The Kier molecular flexibility index (Phi) is 5.49. The monoisotopic (exact) mass is 336 g/mol. The van der Waals surface area contributed by atoms with Crippen molar-refractivity contribution in [3.8, 4) is 0 Å². The molecular formula is C21H24N2O2. The normalized spacial score (nSPS) is 19.9. The fourth-order valence-corrected chi connectivity index (χ4v) is 3.51. The van der Waals surface area contributed by atoms with E-state index in [0.29, 0.717) is 17.2 Å². The van der Waals surface area contributed by atoms with Crippen LogP contribution in [0, 0.1) is 0 Å². The van der Waals surface area contributed by atoms with Crippen molar-refractivity contribution < 1.29 is 9.59 Å². The molecule has 2 aromatic rings. The summed E-state index contributed by atoms with van der Waals surface area (Å²) in [5, 5.41) is 5.84. The summed E-state index contributed by atoms with van der Waals surface area (Å²) in [5.41, 5.74) is 2.62. The van der Waals surface area contributed by atoms with E-state index in [1.807, 2.05) is 6.07 Å². The summed E-state index contributed by atoms with van der Waals surface area (Å²) in [6, 6.07) is 17.9. The lowest BCUT2D eigenvalue weighted by molar-refractivity contribution is -0.114. The highest BCUT2D eigenvalue weighted by Gasteiger charge is 2.23. The highest BCUT2D eigenvalue weighted by molar-refractivity contribution is 5.96. The Hall–Kier alpha value is -2.62. The number of rotatable bonds is 4. The van der Waals surface area contributed by atoms with E-state index in [2.05, 4.69) is 34.9 Å². The van der Waals surface area contributed by atoms with Gasteiger partial charge in [-0.3, -0.25) is 9.59 Å². The molecule has 4 heteroatoms. The highest BCUT2D eigenvalue weighted by atomic mass is 16.2. The van der Waals surface area contributed by atoms with Gasteiger partial charge in [-0.1, -0.05) is 36.4 Å². The molecule has 0 radical (unpaired) electrons. The van der Waals surface area contributed by atoms with Gasteiger partial charge in [-0.05, 0) is 55.4 Å². The Morgan fingerprint density at radius 3 is 2.32 bits per heavy atom. The summed E-state index contributed by atoms with van der Waals surface area (Å²) in [5.74, 6) is 0.379. The predicted molar refractivity (Wildman–Crippen MR) is 99.7 cm³/mol. The summed E-state index contributed by atoms with van der Waals surface area (Å²) < 4.78 is 0. The summed E-state index contributed by atoms with van der Waals surface area (Å²) in [4.78, 5) is 23.6. The van der Waals surface area contributed by atoms with Gasteiger partial charge in [0, 0.05) is 24.2 Å². The average molecular weight is 336 g/mol. The molecule has 130 valence electrons. The molecular weight excluding hydrogens is 312 g/mol. The van der Waals surface area contributed by atoms with E-state index in [1.54, 1.807) is 24.3 Å². The first kappa shape index (κ1) is 17.2. The average Bonchev–Trinajstić information content (AvgIpc) is 2.63. The molecule has 25 heavy (non-hydrogen) atoms. The zero-order valence-corrected chi connectivity index (χ0v) is 14.5. The largest absolute Gasteiger partial charge is 0.349 e. The Balaban J connectivity index is 1.55. The van der Waals surface area contributed by atoms with E-state index in [0.717, 1.165) is 25.7 Å². The molecule has 0 bridgehead atoms. The van der Waals surface area contributed by atoms with E-state index >= 15 is 0 Å². The molecule has 1 aliphatic rings. The Bertz CT molecular complexity index is 735. The van der Waals surface area contributed by atoms with Gasteiger partial charge in [0.25, 0.3) is 5.91 Å². The quantitative estimate of drug-likeness (QED) is 0.883. The van der Waals surface area contributed by atoms with Crippen LogP contribution in [0.2, 0.25) is 0 Å². The third-order valence-corrected chi connectivity index (χ3v) is 4.78. The van der Waals surface area contributed by atoms with Crippen molar-refractivity contribution in [3.63, 3.8) is 0 Å². The second-order valence-corrected chi connectivity index (χ2v) is 6.69. The first-order valence-electron chi connectivity index (χ1n) is 8.85. The van der Waals surface area contributed by atoms with Crippen LogP contribution in [0.3, 0.4) is 0 Å². The van der Waals surface area contributed by atoms with Crippen molar-refractivity contribution in [2.24, 2.45) is 0 Å². The second kappa shape index (κ2) is 7.97. The van der Waals surface area contributed by atoms with Gasteiger partial charge in [-0.15, -0.1) is 0 Å². The molecule has 1 aliphatic carbocycles. The summed E-state index contributed by atoms with van der Waals surface area (Å²) in [6.45, 7) is 1.46. The smallest absolute Gasteiger partial charge is 0.251 e. The number of hydrogen-bond acceptors (Lipinski definition) is 2. The number of anilines is 1.